The van der Waals surface area contributed by atoms with Gasteiger partial charge in [0, 0.05) is 0 Å². The lowest BCUT2D eigenvalue weighted by Gasteiger charge is -2.22. The predicted octanol–water partition coefficient (Wildman–Crippen LogP) is 9.15. The Morgan fingerprint density at radius 1 is 0.643 bits per heavy atom. The summed E-state index contributed by atoms with van der Waals surface area (Å²) in [5, 5.41) is 0. The molecule has 0 aliphatic heterocycles. The quantitative estimate of drug-likeness (QED) is 0.130. The third kappa shape index (κ3) is 17.0. The van der Waals surface area contributed by atoms with E-state index in [0.29, 0.717) is 25.3 Å². The second kappa shape index (κ2) is 20.4. The van der Waals surface area contributed by atoms with Gasteiger partial charge in [-0.15, -0.1) is 0 Å². The molecule has 0 spiro atoms. The van der Waals surface area contributed by atoms with Gasteiger partial charge in [-0.05, 0) is 25.2 Å². The predicted molar refractivity (Wildman–Crippen MR) is 124 cm³/mol. The third-order valence-electron chi connectivity index (χ3n) is 5.62. The summed E-state index contributed by atoms with van der Waals surface area (Å²) < 4.78 is 24.8. The molecule has 0 saturated carbocycles. The molecule has 2 atom stereocenters. The molecule has 0 bridgehead atoms. The molecule has 2 unspecified atom stereocenters. The molecule has 0 rings (SSSR count). The van der Waals surface area contributed by atoms with Crippen LogP contribution >= 0.6 is 7.60 Å². The highest BCUT2D eigenvalue weighted by Gasteiger charge is 2.25. The van der Waals surface area contributed by atoms with Gasteiger partial charge in [0.05, 0.1) is 19.4 Å². The van der Waals surface area contributed by atoms with Crippen molar-refractivity contribution in [3.63, 3.8) is 0 Å². The normalized spacial score (nSPS) is 14.9. The molecule has 0 N–H and O–H groups in total. The summed E-state index contributed by atoms with van der Waals surface area (Å²) in [6.45, 7) is 9.99. The first-order valence-corrected chi connectivity index (χ1v) is 14.2. The fourth-order valence-electron chi connectivity index (χ4n) is 3.43. The van der Waals surface area contributed by atoms with Crippen LogP contribution in [0.15, 0.2) is 0 Å². The van der Waals surface area contributed by atoms with E-state index in [1.54, 1.807) is 0 Å². The molecule has 0 saturated heterocycles. The summed E-state index contributed by atoms with van der Waals surface area (Å²) in [5.41, 5.74) is 0. The van der Waals surface area contributed by atoms with Crippen LogP contribution in [-0.2, 0) is 13.6 Å². The van der Waals surface area contributed by atoms with Gasteiger partial charge in [-0.1, -0.05) is 111 Å². The van der Waals surface area contributed by atoms with Crippen molar-refractivity contribution >= 4 is 7.60 Å². The summed E-state index contributed by atoms with van der Waals surface area (Å²) in [5.74, 6) is 0.510. The Hall–Kier alpha value is 0.150. The maximum Gasteiger partial charge on any atom is 0.330 e. The van der Waals surface area contributed by atoms with Gasteiger partial charge in [0.15, 0.2) is 0 Å². The van der Waals surface area contributed by atoms with Crippen LogP contribution in [0.1, 0.15) is 130 Å². The highest BCUT2D eigenvalue weighted by atomic mass is 31.2. The average molecular weight is 419 g/mol. The zero-order valence-corrected chi connectivity index (χ0v) is 20.6. The second-order valence-electron chi connectivity index (χ2n) is 8.42. The van der Waals surface area contributed by atoms with Crippen LogP contribution < -0.4 is 0 Å². The molecule has 0 fully saturated rings. The van der Waals surface area contributed by atoms with E-state index in [4.69, 9.17) is 9.05 Å². The molecule has 0 aromatic rings. The van der Waals surface area contributed by atoms with E-state index in [9.17, 15) is 4.57 Å². The summed E-state index contributed by atoms with van der Waals surface area (Å²) in [7, 11) is -2.91. The molecule has 0 amide bonds. The molecule has 28 heavy (non-hydrogen) atoms. The van der Waals surface area contributed by atoms with Gasteiger partial charge < -0.3 is 9.05 Å². The van der Waals surface area contributed by atoms with Gasteiger partial charge in [-0.2, -0.15) is 0 Å². The second-order valence-corrected chi connectivity index (χ2v) is 10.6. The summed E-state index contributed by atoms with van der Waals surface area (Å²) in [6.07, 6.45) is 20.2. The monoisotopic (exact) mass is 418 g/mol. The smallest absolute Gasteiger partial charge is 0.309 e. The lowest BCUT2D eigenvalue weighted by atomic mass is 10.0. The van der Waals surface area contributed by atoms with Gasteiger partial charge in [0.2, 0.25) is 0 Å². The lowest BCUT2D eigenvalue weighted by molar-refractivity contribution is 0.169. The Labute approximate surface area is 177 Å². The van der Waals surface area contributed by atoms with Crippen LogP contribution in [0.5, 0.6) is 0 Å². The molecule has 4 heteroatoms. The first kappa shape index (κ1) is 28.1. The Morgan fingerprint density at radius 2 is 1.18 bits per heavy atom. The fraction of sp³-hybridized carbons (Fsp3) is 1.00. The Morgan fingerprint density at radius 3 is 1.71 bits per heavy atom. The van der Waals surface area contributed by atoms with Crippen molar-refractivity contribution in [1.29, 1.82) is 0 Å². The topological polar surface area (TPSA) is 35.5 Å². The van der Waals surface area contributed by atoms with E-state index in [0.717, 1.165) is 25.7 Å². The van der Waals surface area contributed by atoms with E-state index < -0.39 is 7.60 Å². The SMILES string of the molecule is CCCCCCCCCCCCOP(=O)(CCCC)OCC(CC)CCCC. The Balaban J connectivity index is 3.96. The number of rotatable bonds is 22. The van der Waals surface area contributed by atoms with E-state index in [2.05, 4.69) is 27.7 Å². The van der Waals surface area contributed by atoms with Gasteiger partial charge in [0.1, 0.15) is 0 Å². The molecular formula is C24H51O3P. The van der Waals surface area contributed by atoms with E-state index in [-0.39, 0.29) is 0 Å². The molecule has 3 nitrogen and oxygen atoms in total. The molecule has 0 aliphatic carbocycles. The van der Waals surface area contributed by atoms with Crippen molar-refractivity contribution in [1.82, 2.24) is 0 Å². The molecular weight excluding hydrogens is 367 g/mol. The average Bonchev–Trinajstić information content (AvgIpc) is 2.71. The molecule has 0 aromatic carbocycles. The summed E-state index contributed by atoms with van der Waals surface area (Å²) in [6, 6.07) is 0. The fourth-order valence-corrected chi connectivity index (χ4v) is 5.31. The molecule has 0 aliphatic rings. The van der Waals surface area contributed by atoms with Crippen molar-refractivity contribution in [2.45, 2.75) is 130 Å². The standard InChI is InChI=1S/C24H51O3P/c1-5-9-12-13-14-15-16-17-18-19-21-26-28(25,22-11-7-3)27-23-24(8-4)20-10-6-2/h24H,5-23H2,1-4H3. The van der Waals surface area contributed by atoms with Gasteiger partial charge >= 0.3 is 7.60 Å². The van der Waals surface area contributed by atoms with Crippen molar-refractivity contribution in [2.24, 2.45) is 5.92 Å². The molecule has 0 aromatic heterocycles. The Bertz CT molecular complexity index is 360. The minimum atomic E-state index is -2.91. The van der Waals surface area contributed by atoms with Gasteiger partial charge in [-0.25, -0.2) is 0 Å². The lowest BCUT2D eigenvalue weighted by Crippen LogP contribution is -2.10. The van der Waals surface area contributed by atoms with Crippen LogP contribution in [0, 0.1) is 5.92 Å². The largest absolute Gasteiger partial charge is 0.330 e. The number of hydrogen-bond acceptors (Lipinski definition) is 3. The van der Waals surface area contributed by atoms with Gasteiger partial charge in [0.25, 0.3) is 0 Å². The van der Waals surface area contributed by atoms with Crippen LogP contribution in [0.2, 0.25) is 0 Å². The summed E-state index contributed by atoms with van der Waals surface area (Å²) in [4.78, 5) is 0. The van der Waals surface area contributed by atoms with Crippen LogP contribution in [-0.4, -0.2) is 19.4 Å². The van der Waals surface area contributed by atoms with Crippen LogP contribution in [0.4, 0.5) is 0 Å². The van der Waals surface area contributed by atoms with Gasteiger partial charge in [-0.3, -0.25) is 4.57 Å². The van der Waals surface area contributed by atoms with Crippen LogP contribution in [0.3, 0.4) is 0 Å². The zero-order valence-electron chi connectivity index (χ0n) is 19.7. The highest BCUT2D eigenvalue weighted by molar-refractivity contribution is 7.53. The summed E-state index contributed by atoms with van der Waals surface area (Å²) >= 11 is 0. The maximum absolute atomic E-state index is 13.1. The third-order valence-corrected chi connectivity index (χ3v) is 7.60. The van der Waals surface area contributed by atoms with E-state index in [1.165, 1.54) is 77.0 Å². The van der Waals surface area contributed by atoms with E-state index in [1.807, 2.05) is 0 Å². The van der Waals surface area contributed by atoms with Crippen molar-refractivity contribution < 1.29 is 13.6 Å². The first-order chi connectivity index (χ1) is 13.6. The first-order valence-electron chi connectivity index (χ1n) is 12.5. The zero-order chi connectivity index (χ0) is 20.9. The van der Waals surface area contributed by atoms with Crippen molar-refractivity contribution in [3.05, 3.63) is 0 Å². The minimum Gasteiger partial charge on any atom is -0.309 e. The minimum absolute atomic E-state index is 0.510. The van der Waals surface area contributed by atoms with Crippen LogP contribution in [0.25, 0.3) is 0 Å². The Kier molecular flexibility index (Phi) is 20.5. The maximum atomic E-state index is 13.1. The number of hydrogen-bond donors (Lipinski definition) is 0. The molecule has 0 heterocycles. The van der Waals surface area contributed by atoms with E-state index >= 15 is 0 Å². The molecule has 170 valence electrons. The van der Waals surface area contributed by atoms with Crippen molar-refractivity contribution in [2.75, 3.05) is 19.4 Å². The molecule has 0 radical (unpaired) electrons. The highest BCUT2D eigenvalue weighted by Crippen LogP contribution is 2.49. The number of unbranched alkanes of at least 4 members (excludes halogenated alkanes) is 11. The van der Waals surface area contributed by atoms with Crippen molar-refractivity contribution in [3.8, 4) is 0 Å².